The Labute approximate surface area is 95.7 Å². The molecule has 4 nitrogen and oxygen atoms in total. The molecule has 1 aliphatic rings. The van der Waals surface area contributed by atoms with Crippen molar-refractivity contribution in [3.63, 3.8) is 0 Å². The Balaban J connectivity index is 2.91. The number of carboxylic acids is 2. The van der Waals surface area contributed by atoms with Gasteiger partial charge < -0.3 is 10.2 Å². The van der Waals surface area contributed by atoms with E-state index in [1.54, 1.807) is 0 Å². The molecule has 0 spiro atoms. The van der Waals surface area contributed by atoms with Crippen LogP contribution < -0.4 is 0 Å². The highest BCUT2D eigenvalue weighted by atomic mass is 16.4. The molecule has 92 valence electrons. The molecule has 0 aromatic carbocycles. The maximum atomic E-state index is 11.2. The molecule has 4 unspecified atom stereocenters. The monoisotopic (exact) mass is 228 g/mol. The number of aliphatic carboxylic acids is 2. The van der Waals surface area contributed by atoms with Crippen LogP contribution in [0.25, 0.3) is 0 Å². The van der Waals surface area contributed by atoms with Gasteiger partial charge in [0.05, 0.1) is 11.8 Å². The molecule has 0 heterocycles. The summed E-state index contributed by atoms with van der Waals surface area (Å²) in [5.74, 6) is -2.94. The molecular formula is C12H20O4. The molecule has 0 bridgehead atoms. The first-order valence-electron chi connectivity index (χ1n) is 5.96. The van der Waals surface area contributed by atoms with Crippen LogP contribution in [0, 0.1) is 23.7 Å². The summed E-state index contributed by atoms with van der Waals surface area (Å²) < 4.78 is 0. The summed E-state index contributed by atoms with van der Waals surface area (Å²) in [7, 11) is 0. The van der Waals surface area contributed by atoms with Gasteiger partial charge in [-0.25, -0.2) is 0 Å². The summed E-state index contributed by atoms with van der Waals surface area (Å²) in [4.78, 5) is 22.3. The molecule has 1 aliphatic carbocycles. The quantitative estimate of drug-likeness (QED) is 0.773. The molecule has 2 N–H and O–H groups in total. The van der Waals surface area contributed by atoms with Crippen molar-refractivity contribution in [1.29, 1.82) is 0 Å². The van der Waals surface area contributed by atoms with Crippen molar-refractivity contribution in [2.24, 2.45) is 23.7 Å². The molecule has 0 saturated heterocycles. The fourth-order valence-electron chi connectivity index (χ4n) is 2.89. The predicted octanol–water partition coefficient (Wildman–Crippen LogP) is 2.23. The minimum atomic E-state index is -0.955. The zero-order valence-electron chi connectivity index (χ0n) is 9.85. The molecule has 0 radical (unpaired) electrons. The second-order valence-corrected chi connectivity index (χ2v) is 4.72. The summed E-state index contributed by atoms with van der Waals surface area (Å²) in [5, 5.41) is 18.3. The van der Waals surface area contributed by atoms with Gasteiger partial charge in [-0.2, -0.15) is 0 Å². The van der Waals surface area contributed by atoms with Gasteiger partial charge >= 0.3 is 11.9 Å². The minimum absolute atomic E-state index is 0.0114. The molecule has 1 fully saturated rings. The van der Waals surface area contributed by atoms with Gasteiger partial charge in [-0.3, -0.25) is 9.59 Å². The van der Waals surface area contributed by atoms with Crippen LogP contribution in [0.1, 0.15) is 39.5 Å². The highest BCUT2D eigenvalue weighted by Crippen LogP contribution is 2.41. The van der Waals surface area contributed by atoms with E-state index in [1.807, 2.05) is 13.8 Å². The lowest BCUT2D eigenvalue weighted by Gasteiger charge is -2.37. The number of rotatable bonds is 4. The second kappa shape index (κ2) is 5.32. The molecule has 0 amide bonds. The van der Waals surface area contributed by atoms with Gasteiger partial charge in [-0.15, -0.1) is 0 Å². The molecule has 1 rings (SSSR count). The fraction of sp³-hybridized carbons (Fsp3) is 0.833. The van der Waals surface area contributed by atoms with Crippen LogP contribution in [0.2, 0.25) is 0 Å². The minimum Gasteiger partial charge on any atom is -0.481 e. The van der Waals surface area contributed by atoms with E-state index in [4.69, 9.17) is 10.2 Å². The lowest BCUT2D eigenvalue weighted by atomic mass is 9.66. The van der Waals surface area contributed by atoms with E-state index < -0.39 is 23.8 Å². The summed E-state index contributed by atoms with van der Waals surface area (Å²) in [6.07, 6.45) is 3.05. The van der Waals surface area contributed by atoms with E-state index in [0.717, 1.165) is 19.3 Å². The SMILES string of the molecule is CCC1CC(CC)C(C(=O)O)C(C(=O)O)C1. The molecule has 0 aromatic heterocycles. The van der Waals surface area contributed by atoms with Crippen LogP contribution >= 0.6 is 0 Å². The van der Waals surface area contributed by atoms with E-state index in [-0.39, 0.29) is 5.92 Å². The summed E-state index contributed by atoms with van der Waals surface area (Å²) >= 11 is 0. The van der Waals surface area contributed by atoms with Gasteiger partial charge in [0, 0.05) is 0 Å². The third-order valence-corrected chi connectivity index (χ3v) is 3.87. The third kappa shape index (κ3) is 2.54. The van der Waals surface area contributed by atoms with Crippen molar-refractivity contribution in [2.45, 2.75) is 39.5 Å². The van der Waals surface area contributed by atoms with Crippen molar-refractivity contribution < 1.29 is 19.8 Å². The Bertz CT molecular complexity index is 274. The number of carboxylic acid groups (broad SMARTS) is 2. The molecule has 4 heteroatoms. The Morgan fingerprint density at radius 3 is 2.06 bits per heavy atom. The zero-order valence-corrected chi connectivity index (χ0v) is 9.85. The topological polar surface area (TPSA) is 74.6 Å². The normalized spacial score (nSPS) is 34.6. The van der Waals surface area contributed by atoms with Crippen molar-refractivity contribution in [3.05, 3.63) is 0 Å². The van der Waals surface area contributed by atoms with E-state index in [9.17, 15) is 9.59 Å². The van der Waals surface area contributed by atoms with E-state index >= 15 is 0 Å². The first-order chi connectivity index (χ1) is 7.51. The standard InChI is InChI=1S/C12H20O4/c1-3-7-5-8(4-2)10(12(15)16)9(6-7)11(13)14/h7-10H,3-6H2,1-2H3,(H,13,14)(H,15,16). The molecule has 1 saturated carbocycles. The first-order valence-corrected chi connectivity index (χ1v) is 5.96. The smallest absolute Gasteiger partial charge is 0.307 e. The first kappa shape index (κ1) is 13.0. The van der Waals surface area contributed by atoms with E-state index in [0.29, 0.717) is 12.3 Å². The van der Waals surface area contributed by atoms with Gasteiger partial charge in [0.15, 0.2) is 0 Å². The van der Waals surface area contributed by atoms with E-state index in [1.165, 1.54) is 0 Å². The zero-order chi connectivity index (χ0) is 12.3. The maximum absolute atomic E-state index is 11.2. The molecule has 16 heavy (non-hydrogen) atoms. The lowest BCUT2D eigenvalue weighted by Crippen LogP contribution is -2.41. The van der Waals surface area contributed by atoms with Crippen LogP contribution in [0.15, 0.2) is 0 Å². The van der Waals surface area contributed by atoms with Crippen LogP contribution in [0.4, 0.5) is 0 Å². The average Bonchev–Trinajstić information content (AvgIpc) is 2.26. The Morgan fingerprint density at radius 1 is 1.06 bits per heavy atom. The van der Waals surface area contributed by atoms with Gasteiger partial charge in [-0.05, 0) is 24.7 Å². The second-order valence-electron chi connectivity index (χ2n) is 4.72. The van der Waals surface area contributed by atoms with Gasteiger partial charge in [0.2, 0.25) is 0 Å². The van der Waals surface area contributed by atoms with Gasteiger partial charge in [0.25, 0.3) is 0 Å². The van der Waals surface area contributed by atoms with Crippen molar-refractivity contribution in [1.82, 2.24) is 0 Å². The molecule has 4 atom stereocenters. The van der Waals surface area contributed by atoms with E-state index in [2.05, 4.69) is 0 Å². The summed E-state index contributed by atoms with van der Waals surface area (Å²) in [6, 6.07) is 0. The summed E-state index contributed by atoms with van der Waals surface area (Å²) in [5.41, 5.74) is 0. The summed E-state index contributed by atoms with van der Waals surface area (Å²) in [6.45, 7) is 3.98. The van der Waals surface area contributed by atoms with Gasteiger partial charge in [0.1, 0.15) is 0 Å². The Hall–Kier alpha value is -1.06. The average molecular weight is 228 g/mol. The Kier molecular flexibility index (Phi) is 4.33. The highest BCUT2D eigenvalue weighted by molar-refractivity contribution is 5.80. The Morgan fingerprint density at radius 2 is 1.69 bits per heavy atom. The lowest BCUT2D eigenvalue weighted by molar-refractivity contribution is -0.160. The molecule has 0 aliphatic heterocycles. The fourth-order valence-corrected chi connectivity index (χ4v) is 2.89. The molecule has 0 aromatic rings. The number of hydrogen-bond donors (Lipinski definition) is 2. The highest BCUT2D eigenvalue weighted by Gasteiger charge is 2.44. The van der Waals surface area contributed by atoms with Crippen LogP contribution in [0.3, 0.4) is 0 Å². The van der Waals surface area contributed by atoms with Crippen LogP contribution in [-0.2, 0) is 9.59 Å². The van der Waals surface area contributed by atoms with Crippen molar-refractivity contribution in [3.8, 4) is 0 Å². The van der Waals surface area contributed by atoms with Crippen LogP contribution in [0.5, 0.6) is 0 Å². The largest absolute Gasteiger partial charge is 0.481 e. The van der Waals surface area contributed by atoms with Crippen molar-refractivity contribution >= 4 is 11.9 Å². The number of carbonyl (C=O) groups is 2. The molecular weight excluding hydrogens is 208 g/mol. The van der Waals surface area contributed by atoms with Crippen molar-refractivity contribution in [2.75, 3.05) is 0 Å². The predicted molar refractivity (Wildman–Crippen MR) is 59.0 cm³/mol. The maximum Gasteiger partial charge on any atom is 0.307 e. The number of hydrogen-bond acceptors (Lipinski definition) is 2. The van der Waals surface area contributed by atoms with Gasteiger partial charge in [-0.1, -0.05) is 26.7 Å². The van der Waals surface area contributed by atoms with Crippen LogP contribution in [-0.4, -0.2) is 22.2 Å². The third-order valence-electron chi connectivity index (χ3n) is 3.87.